The van der Waals surface area contributed by atoms with Gasteiger partial charge in [0.2, 0.25) is 0 Å². The lowest BCUT2D eigenvalue weighted by molar-refractivity contribution is 0.0527. The largest absolute Gasteiger partial charge is 0.462 e. The monoisotopic (exact) mass is 304 g/mol. The van der Waals surface area contributed by atoms with Crippen molar-refractivity contribution in [3.8, 4) is 0 Å². The van der Waals surface area contributed by atoms with Gasteiger partial charge >= 0.3 is 5.97 Å². The van der Waals surface area contributed by atoms with Gasteiger partial charge in [-0.25, -0.2) is 19.7 Å². The van der Waals surface area contributed by atoms with Gasteiger partial charge in [-0.15, -0.1) is 0 Å². The van der Waals surface area contributed by atoms with Crippen LogP contribution in [0.15, 0.2) is 28.5 Å². The lowest BCUT2D eigenvalue weighted by Crippen LogP contribution is -2.08. The van der Waals surface area contributed by atoms with Gasteiger partial charge in [-0.1, -0.05) is 0 Å². The fourth-order valence-electron chi connectivity index (χ4n) is 1.72. The van der Waals surface area contributed by atoms with Crippen molar-refractivity contribution in [3.05, 3.63) is 35.3 Å². The Morgan fingerprint density at radius 3 is 2.57 bits per heavy atom. The molecule has 2 aromatic rings. The van der Waals surface area contributed by atoms with Crippen molar-refractivity contribution in [2.24, 2.45) is 0 Å². The van der Waals surface area contributed by atoms with E-state index in [1.54, 1.807) is 13.0 Å². The van der Waals surface area contributed by atoms with Crippen LogP contribution in [0.2, 0.25) is 0 Å². The predicted octanol–water partition coefficient (Wildman–Crippen LogP) is 2.40. The van der Waals surface area contributed by atoms with Crippen LogP contribution in [0.1, 0.15) is 28.7 Å². The number of aromatic nitrogens is 3. The van der Waals surface area contributed by atoms with Crippen molar-refractivity contribution in [1.29, 1.82) is 0 Å². The van der Waals surface area contributed by atoms with Gasteiger partial charge in [-0.2, -0.15) is 0 Å². The Morgan fingerprint density at radius 2 is 1.95 bits per heavy atom. The van der Waals surface area contributed by atoms with Crippen LogP contribution < -0.4 is 5.73 Å². The molecule has 21 heavy (non-hydrogen) atoms. The molecular formula is C14H16N4O2S. The van der Waals surface area contributed by atoms with Gasteiger partial charge in [-0.3, -0.25) is 0 Å². The minimum absolute atomic E-state index is 0.291. The first-order chi connectivity index (χ1) is 9.99. The fourth-order valence-corrected chi connectivity index (χ4v) is 2.57. The molecule has 6 nitrogen and oxygen atoms in total. The summed E-state index contributed by atoms with van der Waals surface area (Å²) in [6.07, 6.45) is 1.44. The van der Waals surface area contributed by atoms with Crippen molar-refractivity contribution in [3.63, 3.8) is 0 Å². The third-order valence-corrected chi connectivity index (χ3v) is 3.36. The summed E-state index contributed by atoms with van der Waals surface area (Å²) in [7, 11) is 0. The second kappa shape index (κ2) is 6.53. The van der Waals surface area contributed by atoms with Gasteiger partial charge < -0.3 is 10.5 Å². The molecule has 0 aliphatic carbocycles. The van der Waals surface area contributed by atoms with Crippen LogP contribution in [0.25, 0.3) is 0 Å². The molecule has 0 saturated heterocycles. The third kappa shape index (κ3) is 3.91. The Balaban J connectivity index is 2.28. The molecule has 7 heteroatoms. The normalized spacial score (nSPS) is 10.4. The van der Waals surface area contributed by atoms with Crippen LogP contribution in [-0.4, -0.2) is 27.5 Å². The van der Waals surface area contributed by atoms with Gasteiger partial charge in [-0.05, 0) is 44.7 Å². The van der Waals surface area contributed by atoms with Crippen molar-refractivity contribution in [2.45, 2.75) is 31.0 Å². The van der Waals surface area contributed by atoms with E-state index in [0.29, 0.717) is 28.0 Å². The molecule has 2 rings (SSSR count). The quantitative estimate of drug-likeness (QED) is 0.685. The highest BCUT2D eigenvalue weighted by Crippen LogP contribution is 2.26. The Kier molecular flexibility index (Phi) is 4.74. The number of carbonyl (C=O) groups excluding carboxylic acids is 1. The summed E-state index contributed by atoms with van der Waals surface area (Å²) in [6, 6.07) is 3.49. The number of hydrogen-bond donors (Lipinski definition) is 1. The van der Waals surface area contributed by atoms with E-state index in [1.807, 2.05) is 19.9 Å². The highest BCUT2D eigenvalue weighted by atomic mass is 32.2. The molecule has 0 fully saturated rings. The molecule has 2 heterocycles. The number of anilines is 1. The van der Waals surface area contributed by atoms with E-state index in [1.165, 1.54) is 18.0 Å². The van der Waals surface area contributed by atoms with Crippen molar-refractivity contribution in [1.82, 2.24) is 15.0 Å². The van der Waals surface area contributed by atoms with E-state index in [0.717, 1.165) is 11.4 Å². The first-order valence-electron chi connectivity index (χ1n) is 6.42. The van der Waals surface area contributed by atoms with E-state index in [-0.39, 0.29) is 0 Å². The molecule has 0 atom stereocenters. The summed E-state index contributed by atoms with van der Waals surface area (Å²) in [5.41, 5.74) is 8.11. The zero-order chi connectivity index (χ0) is 15.4. The number of nitrogen functional groups attached to an aromatic ring is 1. The summed E-state index contributed by atoms with van der Waals surface area (Å²) in [4.78, 5) is 24.6. The van der Waals surface area contributed by atoms with Gasteiger partial charge in [0, 0.05) is 11.4 Å². The van der Waals surface area contributed by atoms with E-state index in [2.05, 4.69) is 15.0 Å². The minimum Gasteiger partial charge on any atom is -0.462 e. The molecule has 110 valence electrons. The second-order valence-electron chi connectivity index (χ2n) is 4.37. The Labute approximate surface area is 127 Å². The molecule has 0 aliphatic rings. The molecule has 0 aliphatic heterocycles. The molecule has 0 spiro atoms. The summed E-state index contributed by atoms with van der Waals surface area (Å²) in [6.45, 7) is 5.84. The fraction of sp³-hybridized carbons (Fsp3) is 0.286. The van der Waals surface area contributed by atoms with Gasteiger partial charge in [0.05, 0.1) is 24.1 Å². The van der Waals surface area contributed by atoms with Crippen molar-refractivity contribution >= 4 is 23.4 Å². The number of ether oxygens (including phenoxy) is 1. The Morgan fingerprint density at radius 1 is 1.29 bits per heavy atom. The van der Waals surface area contributed by atoms with E-state index in [4.69, 9.17) is 10.5 Å². The van der Waals surface area contributed by atoms with Crippen LogP contribution >= 0.6 is 11.8 Å². The lowest BCUT2D eigenvalue weighted by atomic mass is 10.2. The van der Waals surface area contributed by atoms with Crippen molar-refractivity contribution < 1.29 is 9.53 Å². The minimum atomic E-state index is -0.458. The number of carbonyl (C=O) groups is 1. The zero-order valence-corrected chi connectivity index (χ0v) is 12.9. The highest BCUT2D eigenvalue weighted by Gasteiger charge is 2.14. The second-order valence-corrected chi connectivity index (χ2v) is 5.35. The zero-order valence-electron chi connectivity index (χ0n) is 12.1. The molecule has 0 amide bonds. The molecular weight excluding hydrogens is 288 g/mol. The van der Waals surface area contributed by atoms with Crippen LogP contribution in [0.3, 0.4) is 0 Å². The van der Waals surface area contributed by atoms with Gasteiger partial charge in [0.15, 0.2) is 5.16 Å². The number of aryl methyl sites for hydroxylation is 2. The number of nitrogens with zero attached hydrogens (tertiary/aromatic N) is 3. The summed E-state index contributed by atoms with van der Waals surface area (Å²) in [5.74, 6) is -0.458. The number of rotatable bonds is 4. The Bertz CT molecular complexity index is 656. The maximum atomic E-state index is 11.8. The summed E-state index contributed by atoms with van der Waals surface area (Å²) < 4.78 is 4.96. The smallest absolute Gasteiger partial charge is 0.340 e. The topological polar surface area (TPSA) is 91.0 Å². The molecule has 0 radical (unpaired) electrons. The molecule has 0 bridgehead atoms. The van der Waals surface area contributed by atoms with E-state index < -0.39 is 5.97 Å². The molecule has 2 N–H and O–H groups in total. The maximum Gasteiger partial charge on any atom is 0.340 e. The Hall–Kier alpha value is -2.15. The average molecular weight is 304 g/mol. The standard InChI is InChI=1S/C14H16N4O2S/c1-4-20-13(19)10-6-12(16-7-11(10)15)21-14-17-8(2)5-9(3)18-14/h5-7H,4,15H2,1-3H3. The van der Waals surface area contributed by atoms with Gasteiger partial charge in [0.1, 0.15) is 5.03 Å². The highest BCUT2D eigenvalue weighted by molar-refractivity contribution is 7.99. The first kappa shape index (κ1) is 15.2. The molecule has 0 aromatic carbocycles. The van der Waals surface area contributed by atoms with Crippen molar-refractivity contribution in [2.75, 3.05) is 12.3 Å². The van der Waals surface area contributed by atoms with E-state index in [9.17, 15) is 4.79 Å². The average Bonchev–Trinajstić information content (AvgIpc) is 2.40. The molecule has 0 unspecified atom stereocenters. The summed E-state index contributed by atoms with van der Waals surface area (Å²) in [5, 5.41) is 1.18. The number of nitrogens with two attached hydrogens (primary N) is 1. The lowest BCUT2D eigenvalue weighted by Gasteiger charge is -2.07. The van der Waals surface area contributed by atoms with Gasteiger partial charge in [0.25, 0.3) is 0 Å². The van der Waals surface area contributed by atoms with Crippen LogP contribution in [0.5, 0.6) is 0 Å². The summed E-state index contributed by atoms with van der Waals surface area (Å²) >= 11 is 1.28. The first-order valence-corrected chi connectivity index (χ1v) is 7.24. The van der Waals surface area contributed by atoms with Crippen LogP contribution in [0, 0.1) is 13.8 Å². The van der Waals surface area contributed by atoms with Crippen LogP contribution in [-0.2, 0) is 4.74 Å². The third-order valence-electron chi connectivity index (χ3n) is 2.56. The predicted molar refractivity (Wildman–Crippen MR) is 80.2 cm³/mol. The SMILES string of the molecule is CCOC(=O)c1cc(Sc2nc(C)cc(C)n2)ncc1N. The number of pyridine rings is 1. The maximum absolute atomic E-state index is 11.8. The molecule has 2 aromatic heterocycles. The van der Waals surface area contributed by atoms with Crippen LogP contribution in [0.4, 0.5) is 5.69 Å². The van der Waals surface area contributed by atoms with E-state index >= 15 is 0 Å². The molecule has 0 saturated carbocycles. The number of esters is 1. The number of hydrogen-bond acceptors (Lipinski definition) is 7.